The average molecular weight is 321 g/mol. The number of hydrogen-bond donors (Lipinski definition) is 3. The monoisotopic (exact) mass is 321 g/mol. The van der Waals surface area contributed by atoms with Crippen LogP contribution < -0.4 is 0 Å². The predicted octanol–water partition coefficient (Wildman–Crippen LogP) is 0.685. The summed E-state index contributed by atoms with van der Waals surface area (Å²) < 4.78 is 5.15. The van der Waals surface area contributed by atoms with E-state index in [2.05, 4.69) is 0 Å². The molecule has 0 spiro atoms. The molecule has 1 aromatic carbocycles. The Labute approximate surface area is 133 Å². The summed E-state index contributed by atoms with van der Waals surface area (Å²) in [5.74, 6) is -1.65. The summed E-state index contributed by atoms with van der Waals surface area (Å²) in [5.41, 5.74) is 0.525. The second-order valence-corrected chi connectivity index (χ2v) is 5.15. The van der Waals surface area contributed by atoms with Crippen LogP contribution in [0.3, 0.4) is 0 Å². The minimum Gasteiger partial charge on any atom is -0.508 e. The molecular formula is C16H19NO6. The van der Waals surface area contributed by atoms with Crippen LogP contribution in [0.2, 0.25) is 0 Å². The minimum atomic E-state index is -0.773. The fraction of sp³-hybridized carbons (Fsp3) is 0.375. The normalized spacial score (nSPS) is 17.9. The number of amides is 1. The molecule has 0 aromatic heterocycles. The van der Waals surface area contributed by atoms with Gasteiger partial charge in [-0.3, -0.25) is 9.59 Å². The molecule has 0 saturated carbocycles. The van der Waals surface area contributed by atoms with Crippen molar-refractivity contribution in [2.24, 2.45) is 0 Å². The third-order valence-corrected chi connectivity index (χ3v) is 3.58. The standard InChI is InChI=1S/C16H19NO6/c1-10(19)13-14(11-3-2-4-12(20)9-11)17(16(22)15(13)21)5-7-23-8-6-18/h2-4,9,14,18,20-21H,5-8H2,1H3. The number of phenolic OH excluding ortho intramolecular Hbond substituents is 1. The Balaban J connectivity index is 2.33. The molecule has 0 bridgehead atoms. The molecular weight excluding hydrogens is 302 g/mol. The van der Waals surface area contributed by atoms with Gasteiger partial charge < -0.3 is 25.0 Å². The number of aliphatic hydroxyl groups excluding tert-OH is 2. The van der Waals surface area contributed by atoms with E-state index < -0.39 is 23.5 Å². The second kappa shape index (κ2) is 7.26. The average Bonchev–Trinajstić information content (AvgIpc) is 2.76. The number of aliphatic hydroxyl groups is 2. The number of nitrogens with zero attached hydrogens (tertiary/aromatic N) is 1. The molecule has 0 saturated heterocycles. The van der Waals surface area contributed by atoms with E-state index in [1.54, 1.807) is 12.1 Å². The van der Waals surface area contributed by atoms with Crippen molar-refractivity contribution in [3.05, 3.63) is 41.2 Å². The lowest BCUT2D eigenvalue weighted by atomic mass is 9.96. The number of ketones is 1. The van der Waals surface area contributed by atoms with E-state index >= 15 is 0 Å². The summed E-state index contributed by atoms with van der Waals surface area (Å²) in [6.45, 7) is 1.57. The van der Waals surface area contributed by atoms with Crippen molar-refractivity contribution in [2.75, 3.05) is 26.4 Å². The Morgan fingerprint density at radius 3 is 2.65 bits per heavy atom. The van der Waals surface area contributed by atoms with Crippen LogP contribution in [0.5, 0.6) is 5.75 Å². The Morgan fingerprint density at radius 1 is 1.30 bits per heavy atom. The molecule has 3 N–H and O–H groups in total. The summed E-state index contributed by atoms with van der Waals surface area (Å²) in [7, 11) is 0. The molecule has 2 rings (SSSR count). The fourth-order valence-corrected chi connectivity index (χ4v) is 2.61. The Bertz CT molecular complexity index is 639. The van der Waals surface area contributed by atoms with Crippen LogP contribution in [0.15, 0.2) is 35.6 Å². The smallest absolute Gasteiger partial charge is 0.290 e. The van der Waals surface area contributed by atoms with E-state index in [1.165, 1.54) is 24.0 Å². The molecule has 1 heterocycles. The molecule has 7 heteroatoms. The van der Waals surface area contributed by atoms with Crippen LogP contribution >= 0.6 is 0 Å². The van der Waals surface area contributed by atoms with E-state index in [0.717, 1.165) is 0 Å². The molecule has 1 aromatic rings. The fourth-order valence-electron chi connectivity index (χ4n) is 2.61. The van der Waals surface area contributed by atoms with Gasteiger partial charge in [0.15, 0.2) is 11.5 Å². The molecule has 7 nitrogen and oxygen atoms in total. The van der Waals surface area contributed by atoms with E-state index in [-0.39, 0.29) is 37.7 Å². The highest BCUT2D eigenvalue weighted by molar-refractivity contribution is 6.08. The highest BCUT2D eigenvalue weighted by atomic mass is 16.5. The van der Waals surface area contributed by atoms with Gasteiger partial charge in [0.05, 0.1) is 31.4 Å². The van der Waals surface area contributed by atoms with Gasteiger partial charge >= 0.3 is 0 Å². The van der Waals surface area contributed by atoms with Gasteiger partial charge in [-0.15, -0.1) is 0 Å². The van der Waals surface area contributed by atoms with Gasteiger partial charge in [-0.1, -0.05) is 12.1 Å². The lowest BCUT2D eigenvalue weighted by Crippen LogP contribution is -2.34. The molecule has 124 valence electrons. The van der Waals surface area contributed by atoms with Gasteiger partial charge in [0.1, 0.15) is 5.75 Å². The maximum absolute atomic E-state index is 12.3. The lowest BCUT2D eigenvalue weighted by Gasteiger charge is -2.26. The van der Waals surface area contributed by atoms with Crippen molar-refractivity contribution in [1.29, 1.82) is 0 Å². The highest BCUT2D eigenvalue weighted by Gasteiger charge is 2.42. The third-order valence-electron chi connectivity index (χ3n) is 3.58. The Morgan fingerprint density at radius 2 is 2.04 bits per heavy atom. The van der Waals surface area contributed by atoms with Gasteiger partial charge in [-0.25, -0.2) is 0 Å². The van der Waals surface area contributed by atoms with Crippen LogP contribution in [-0.2, 0) is 14.3 Å². The molecule has 23 heavy (non-hydrogen) atoms. The number of ether oxygens (including phenoxy) is 1. The third kappa shape index (κ3) is 3.52. The number of phenols is 1. The minimum absolute atomic E-state index is 0.000668. The maximum Gasteiger partial charge on any atom is 0.290 e. The number of hydrogen-bond acceptors (Lipinski definition) is 6. The van der Waals surface area contributed by atoms with E-state index in [0.29, 0.717) is 5.56 Å². The number of Topliss-reactive ketones (excluding diaryl/α,β-unsaturated/α-hetero) is 1. The number of carbonyl (C=O) groups excluding carboxylic acids is 2. The van der Waals surface area contributed by atoms with Gasteiger partial charge in [-0.2, -0.15) is 0 Å². The molecule has 1 aliphatic heterocycles. The summed E-state index contributed by atoms with van der Waals surface area (Å²) in [5, 5.41) is 28.4. The topological polar surface area (TPSA) is 107 Å². The zero-order valence-electron chi connectivity index (χ0n) is 12.7. The van der Waals surface area contributed by atoms with E-state index in [1.807, 2.05) is 0 Å². The van der Waals surface area contributed by atoms with Gasteiger partial charge in [0.2, 0.25) is 0 Å². The summed E-state index contributed by atoms with van der Waals surface area (Å²) in [6.07, 6.45) is 0. The van der Waals surface area contributed by atoms with Crippen LogP contribution in [0, 0.1) is 0 Å². The second-order valence-electron chi connectivity index (χ2n) is 5.15. The zero-order valence-corrected chi connectivity index (χ0v) is 12.7. The van der Waals surface area contributed by atoms with Gasteiger partial charge in [-0.05, 0) is 24.6 Å². The first-order chi connectivity index (χ1) is 11.0. The zero-order chi connectivity index (χ0) is 17.0. The number of aromatic hydroxyl groups is 1. The van der Waals surface area contributed by atoms with Crippen LogP contribution in [-0.4, -0.2) is 58.3 Å². The summed E-state index contributed by atoms with van der Waals surface area (Å²) in [4.78, 5) is 25.4. The van der Waals surface area contributed by atoms with Crippen molar-refractivity contribution in [3.8, 4) is 5.75 Å². The molecule has 0 aliphatic carbocycles. The van der Waals surface area contributed by atoms with Gasteiger partial charge in [0, 0.05) is 6.54 Å². The first kappa shape index (κ1) is 17.0. The summed E-state index contributed by atoms with van der Waals surface area (Å²) in [6, 6.07) is 5.42. The summed E-state index contributed by atoms with van der Waals surface area (Å²) >= 11 is 0. The first-order valence-corrected chi connectivity index (χ1v) is 7.20. The quantitative estimate of drug-likeness (QED) is 0.638. The molecule has 1 atom stereocenters. The van der Waals surface area contributed by atoms with Crippen molar-refractivity contribution in [3.63, 3.8) is 0 Å². The molecule has 0 fully saturated rings. The predicted molar refractivity (Wildman–Crippen MR) is 80.8 cm³/mol. The van der Waals surface area contributed by atoms with E-state index in [9.17, 15) is 19.8 Å². The van der Waals surface area contributed by atoms with Crippen molar-refractivity contribution >= 4 is 11.7 Å². The Kier molecular flexibility index (Phi) is 5.36. The van der Waals surface area contributed by atoms with Gasteiger partial charge in [0.25, 0.3) is 5.91 Å². The lowest BCUT2D eigenvalue weighted by molar-refractivity contribution is -0.130. The molecule has 0 radical (unpaired) electrons. The highest BCUT2D eigenvalue weighted by Crippen LogP contribution is 2.38. The molecule has 1 aliphatic rings. The van der Waals surface area contributed by atoms with Crippen LogP contribution in [0.4, 0.5) is 0 Å². The largest absolute Gasteiger partial charge is 0.508 e. The molecule has 1 unspecified atom stereocenters. The van der Waals surface area contributed by atoms with Crippen molar-refractivity contribution < 1.29 is 29.6 Å². The number of benzene rings is 1. The molecule has 1 amide bonds. The SMILES string of the molecule is CC(=O)C1=C(O)C(=O)N(CCOCCO)C1c1cccc(O)c1. The maximum atomic E-state index is 12.3. The van der Waals surface area contributed by atoms with Crippen LogP contribution in [0.25, 0.3) is 0 Å². The van der Waals surface area contributed by atoms with Crippen LogP contribution in [0.1, 0.15) is 18.5 Å². The van der Waals surface area contributed by atoms with Crippen molar-refractivity contribution in [1.82, 2.24) is 4.90 Å². The number of rotatable bonds is 7. The van der Waals surface area contributed by atoms with E-state index in [4.69, 9.17) is 9.84 Å². The Hall–Kier alpha value is -2.38. The first-order valence-electron chi connectivity index (χ1n) is 7.20. The number of carbonyl (C=O) groups is 2. The van der Waals surface area contributed by atoms with Crippen molar-refractivity contribution in [2.45, 2.75) is 13.0 Å².